The average Bonchev–Trinajstić information content (AvgIpc) is 3.01. The van der Waals surface area contributed by atoms with Gasteiger partial charge in [-0.25, -0.2) is 4.98 Å². The summed E-state index contributed by atoms with van der Waals surface area (Å²) in [6, 6.07) is 16.1. The van der Waals surface area contributed by atoms with E-state index in [-0.39, 0.29) is 0 Å². The van der Waals surface area contributed by atoms with Crippen molar-refractivity contribution in [3.05, 3.63) is 70.6 Å². The maximum absolute atomic E-state index is 5.92. The normalized spacial score (nSPS) is 10.9. The second-order valence-corrected chi connectivity index (χ2v) is 6.10. The molecule has 0 unspecified atom stereocenters. The van der Waals surface area contributed by atoms with Gasteiger partial charge in [-0.3, -0.25) is 5.43 Å². The number of aromatic nitrogens is 1. The van der Waals surface area contributed by atoms with E-state index in [1.165, 1.54) is 11.3 Å². The zero-order valence-electron chi connectivity index (χ0n) is 13.3. The highest BCUT2D eigenvalue weighted by atomic mass is 32.1. The fraction of sp³-hybridized carbons (Fsp3) is 0.111. The molecule has 6 heteroatoms. The number of hydrazone groups is 1. The minimum absolute atomic E-state index is 0.490. The summed E-state index contributed by atoms with van der Waals surface area (Å²) in [5.41, 5.74) is 11.6. The van der Waals surface area contributed by atoms with E-state index in [2.05, 4.69) is 15.5 Å². The number of nitrogen functional groups attached to an aromatic ring is 1. The Morgan fingerprint density at radius 3 is 2.83 bits per heavy atom. The molecule has 2 aromatic carbocycles. The Labute approximate surface area is 144 Å². The second-order valence-electron chi connectivity index (χ2n) is 5.25. The van der Waals surface area contributed by atoms with Crippen LogP contribution in [0.25, 0.3) is 0 Å². The van der Waals surface area contributed by atoms with Crippen molar-refractivity contribution < 1.29 is 4.74 Å². The summed E-state index contributed by atoms with van der Waals surface area (Å²) in [4.78, 5) is 4.08. The number of benzene rings is 2. The Bertz CT molecular complexity index is 830. The van der Waals surface area contributed by atoms with Crippen molar-refractivity contribution in [2.24, 2.45) is 5.10 Å². The van der Waals surface area contributed by atoms with Crippen LogP contribution in [0.2, 0.25) is 0 Å². The van der Waals surface area contributed by atoms with E-state index >= 15 is 0 Å². The van der Waals surface area contributed by atoms with Crippen molar-refractivity contribution in [3.63, 3.8) is 0 Å². The second kappa shape index (κ2) is 7.61. The molecule has 0 spiro atoms. The zero-order chi connectivity index (χ0) is 16.8. The number of anilines is 2. The third-order valence-electron chi connectivity index (χ3n) is 3.35. The fourth-order valence-electron chi connectivity index (χ4n) is 2.09. The van der Waals surface area contributed by atoms with Crippen LogP contribution in [0, 0.1) is 6.92 Å². The molecule has 0 aliphatic carbocycles. The predicted molar refractivity (Wildman–Crippen MR) is 99.7 cm³/mol. The summed E-state index contributed by atoms with van der Waals surface area (Å²) in [6.07, 6.45) is 1.73. The standard InChI is InChI=1S/C18H18N4OS/c1-13-7-8-15(10-20-22-18-21-17(19)12-24-18)9-16(13)23-11-14-5-3-2-4-6-14/h2-10,12H,11,19H2,1H3,(H,21,22). The van der Waals surface area contributed by atoms with E-state index in [0.717, 1.165) is 22.4 Å². The highest BCUT2D eigenvalue weighted by Crippen LogP contribution is 2.20. The number of nitrogens with zero attached hydrogens (tertiary/aromatic N) is 2. The molecule has 3 N–H and O–H groups in total. The minimum atomic E-state index is 0.490. The van der Waals surface area contributed by atoms with Crippen LogP contribution in [0.3, 0.4) is 0 Å². The zero-order valence-corrected chi connectivity index (χ0v) is 14.1. The topological polar surface area (TPSA) is 72.5 Å². The van der Waals surface area contributed by atoms with Crippen molar-refractivity contribution in [3.8, 4) is 5.75 Å². The number of rotatable bonds is 6. The molecule has 1 aromatic heterocycles. The largest absolute Gasteiger partial charge is 0.489 e. The van der Waals surface area contributed by atoms with E-state index in [0.29, 0.717) is 17.6 Å². The molecule has 0 saturated carbocycles. The van der Waals surface area contributed by atoms with E-state index in [1.807, 2.05) is 55.5 Å². The molecule has 122 valence electrons. The van der Waals surface area contributed by atoms with Crippen LogP contribution >= 0.6 is 11.3 Å². The number of nitrogens with one attached hydrogen (secondary N) is 1. The number of hydrogen-bond donors (Lipinski definition) is 2. The lowest BCUT2D eigenvalue weighted by Crippen LogP contribution is -1.98. The van der Waals surface area contributed by atoms with Crippen LogP contribution in [0.5, 0.6) is 5.75 Å². The van der Waals surface area contributed by atoms with Crippen molar-refractivity contribution in [1.29, 1.82) is 0 Å². The van der Waals surface area contributed by atoms with Crippen molar-refractivity contribution in [2.45, 2.75) is 13.5 Å². The highest BCUT2D eigenvalue weighted by molar-refractivity contribution is 7.14. The van der Waals surface area contributed by atoms with Gasteiger partial charge < -0.3 is 10.5 Å². The highest BCUT2D eigenvalue weighted by Gasteiger charge is 2.02. The van der Waals surface area contributed by atoms with E-state index < -0.39 is 0 Å². The van der Waals surface area contributed by atoms with E-state index in [9.17, 15) is 0 Å². The molecule has 0 radical (unpaired) electrons. The van der Waals surface area contributed by atoms with Crippen molar-refractivity contribution >= 4 is 28.5 Å². The summed E-state index contributed by atoms with van der Waals surface area (Å²) in [7, 11) is 0. The van der Waals surface area contributed by atoms with Gasteiger partial charge in [-0.15, -0.1) is 11.3 Å². The molecule has 3 aromatic rings. The molecule has 0 aliphatic heterocycles. The molecule has 1 heterocycles. The lowest BCUT2D eigenvalue weighted by molar-refractivity contribution is 0.304. The Hall–Kier alpha value is -2.86. The van der Waals surface area contributed by atoms with Gasteiger partial charge in [-0.1, -0.05) is 42.5 Å². The molecule has 5 nitrogen and oxygen atoms in total. The Balaban J connectivity index is 1.64. The molecule has 0 bridgehead atoms. The van der Waals surface area contributed by atoms with Gasteiger partial charge in [-0.05, 0) is 29.7 Å². The van der Waals surface area contributed by atoms with Crippen LogP contribution in [0.1, 0.15) is 16.7 Å². The Morgan fingerprint density at radius 2 is 2.08 bits per heavy atom. The van der Waals surface area contributed by atoms with Crippen LogP contribution in [0.15, 0.2) is 59.0 Å². The average molecular weight is 338 g/mol. The molecular weight excluding hydrogens is 320 g/mol. The summed E-state index contributed by atoms with van der Waals surface area (Å²) in [5.74, 6) is 1.34. The summed E-state index contributed by atoms with van der Waals surface area (Å²) < 4.78 is 5.92. The first-order valence-corrected chi connectivity index (χ1v) is 8.36. The van der Waals surface area contributed by atoms with Gasteiger partial charge in [0.25, 0.3) is 0 Å². The number of hydrogen-bond acceptors (Lipinski definition) is 6. The van der Waals surface area contributed by atoms with Crippen molar-refractivity contribution in [1.82, 2.24) is 4.98 Å². The molecule has 24 heavy (non-hydrogen) atoms. The maximum Gasteiger partial charge on any atom is 0.205 e. The Kier molecular flexibility index (Phi) is 5.08. The monoisotopic (exact) mass is 338 g/mol. The quantitative estimate of drug-likeness (QED) is 0.525. The van der Waals surface area contributed by atoms with Crippen LogP contribution in [0.4, 0.5) is 10.9 Å². The maximum atomic E-state index is 5.92. The van der Waals surface area contributed by atoms with Gasteiger partial charge in [0.15, 0.2) is 0 Å². The van der Waals surface area contributed by atoms with Crippen molar-refractivity contribution in [2.75, 3.05) is 11.2 Å². The lowest BCUT2D eigenvalue weighted by atomic mass is 10.1. The third-order valence-corrected chi connectivity index (χ3v) is 4.11. The van der Waals surface area contributed by atoms with Crippen LogP contribution < -0.4 is 15.9 Å². The molecule has 0 saturated heterocycles. The number of aryl methyl sites for hydroxylation is 1. The van der Waals surface area contributed by atoms with Gasteiger partial charge in [0.1, 0.15) is 18.2 Å². The molecule has 0 amide bonds. The van der Waals surface area contributed by atoms with Gasteiger partial charge in [0.05, 0.1) is 6.21 Å². The van der Waals surface area contributed by atoms with E-state index in [4.69, 9.17) is 10.5 Å². The summed E-state index contributed by atoms with van der Waals surface area (Å²) in [5, 5.41) is 6.60. The fourth-order valence-corrected chi connectivity index (χ4v) is 2.64. The third kappa shape index (κ3) is 4.33. The van der Waals surface area contributed by atoms with Crippen LogP contribution in [-0.2, 0) is 6.61 Å². The lowest BCUT2D eigenvalue weighted by Gasteiger charge is -2.10. The smallest absolute Gasteiger partial charge is 0.205 e. The van der Waals surface area contributed by atoms with Gasteiger partial charge in [0, 0.05) is 5.38 Å². The Morgan fingerprint density at radius 1 is 1.25 bits per heavy atom. The molecule has 3 rings (SSSR count). The number of nitrogens with two attached hydrogens (primary N) is 1. The van der Waals surface area contributed by atoms with Gasteiger partial charge in [-0.2, -0.15) is 5.10 Å². The molecular formula is C18H18N4OS. The molecule has 0 aliphatic rings. The number of ether oxygens (including phenoxy) is 1. The molecule has 0 fully saturated rings. The van der Waals surface area contributed by atoms with Crippen LogP contribution in [-0.4, -0.2) is 11.2 Å². The summed E-state index contributed by atoms with van der Waals surface area (Å²) >= 11 is 1.41. The van der Waals surface area contributed by atoms with Gasteiger partial charge in [0.2, 0.25) is 5.13 Å². The SMILES string of the molecule is Cc1ccc(C=NNc2nc(N)cs2)cc1OCc1ccccc1. The number of thiazole rings is 1. The molecule has 0 atom stereocenters. The predicted octanol–water partition coefficient (Wildman–Crippen LogP) is 4.06. The first-order chi connectivity index (χ1) is 11.7. The van der Waals surface area contributed by atoms with Gasteiger partial charge >= 0.3 is 0 Å². The first-order valence-electron chi connectivity index (χ1n) is 7.48. The minimum Gasteiger partial charge on any atom is -0.489 e. The first kappa shape index (κ1) is 16.0. The van der Waals surface area contributed by atoms with E-state index in [1.54, 1.807) is 11.6 Å². The summed E-state index contributed by atoms with van der Waals surface area (Å²) in [6.45, 7) is 2.57.